The second-order valence-electron chi connectivity index (χ2n) is 5.53. The summed E-state index contributed by atoms with van der Waals surface area (Å²) in [5.74, 6) is 1.14. The standard InChI is InChI=1S/C18H18BrN5/c1-12-5-3-4-6-14(12)10-20-18-23-17(11-21-24-18)22-15-8-7-13(2)16(19)9-15/h3-9,11H,10H2,1-2H3,(H2,20,22,23,24). The molecule has 0 bridgehead atoms. The van der Waals surface area contributed by atoms with Crippen molar-refractivity contribution in [3.05, 3.63) is 69.8 Å². The summed E-state index contributed by atoms with van der Waals surface area (Å²) < 4.78 is 1.05. The van der Waals surface area contributed by atoms with E-state index in [-0.39, 0.29) is 0 Å². The Morgan fingerprint density at radius 1 is 1.04 bits per heavy atom. The third-order valence-electron chi connectivity index (χ3n) is 3.70. The average Bonchev–Trinajstić information content (AvgIpc) is 2.58. The molecule has 0 saturated carbocycles. The van der Waals surface area contributed by atoms with Crippen molar-refractivity contribution in [2.24, 2.45) is 0 Å². The lowest BCUT2D eigenvalue weighted by atomic mass is 10.1. The number of aryl methyl sites for hydroxylation is 2. The number of rotatable bonds is 5. The fourth-order valence-corrected chi connectivity index (χ4v) is 2.62. The molecule has 0 saturated heterocycles. The number of aromatic nitrogens is 3. The van der Waals surface area contributed by atoms with Gasteiger partial charge in [0, 0.05) is 16.7 Å². The molecule has 122 valence electrons. The Kier molecular flexibility index (Phi) is 5.05. The normalized spacial score (nSPS) is 10.5. The second kappa shape index (κ2) is 7.40. The van der Waals surface area contributed by atoms with E-state index in [1.807, 2.05) is 37.3 Å². The molecular formula is C18H18BrN5. The molecule has 3 rings (SSSR count). The van der Waals surface area contributed by atoms with Gasteiger partial charge in [-0.2, -0.15) is 10.1 Å². The van der Waals surface area contributed by atoms with Crippen molar-refractivity contribution >= 4 is 33.4 Å². The summed E-state index contributed by atoms with van der Waals surface area (Å²) in [5, 5.41) is 14.5. The maximum absolute atomic E-state index is 4.45. The molecule has 2 N–H and O–H groups in total. The van der Waals surface area contributed by atoms with Gasteiger partial charge in [0.1, 0.15) is 0 Å². The topological polar surface area (TPSA) is 62.7 Å². The van der Waals surface area contributed by atoms with Gasteiger partial charge in [-0.15, -0.1) is 5.10 Å². The van der Waals surface area contributed by atoms with Crippen LogP contribution in [0.5, 0.6) is 0 Å². The van der Waals surface area contributed by atoms with Gasteiger partial charge in [-0.05, 0) is 42.7 Å². The molecule has 0 unspecified atom stereocenters. The van der Waals surface area contributed by atoms with E-state index in [0.29, 0.717) is 18.3 Å². The highest BCUT2D eigenvalue weighted by Gasteiger charge is 2.04. The maximum Gasteiger partial charge on any atom is 0.244 e. The zero-order chi connectivity index (χ0) is 16.9. The van der Waals surface area contributed by atoms with Crippen molar-refractivity contribution in [3.8, 4) is 0 Å². The quantitative estimate of drug-likeness (QED) is 0.673. The molecular weight excluding hydrogens is 366 g/mol. The first kappa shape index (κ1) is 16.4. The van der Waals surface area contributed by atoms with Gasteiger partial charge in [0.05, 0.1) is 6.20 Å². The maximum atomic E-state index is 4.45. The Morgan fingerprint density at radius 3 is 2.67 bits per heavy atom. The Morgan fingerprint density at radius 2 is 1.88 bits per heavy atom. The molecule has 24 heavy (non-hydrogen) atoms. The smallest absolute Gasteiger partial charge is 0.244 e. The van der Waals surface area contributed by atoms with Crippen molar-refractivity contribution < 1.29 is 0 Å². The van der Waals surface area contributed by atoms with Crippen molar-refractivity contribution in [1.82, 2.24) is 15.2 Å². The molecule has 2 aromatic carbocycles. The first-order valence-electron chi connectivity index (χ1n) is 7.63. The first-order valence-corrected chi connectivity index (χ1v) is 8.42. The van der Waals surface area contributed by atoms with E-state index in [2.05, 4.69) is 60.8 Å². The Balaban J connectivity index is 1.69. The van der Waals surface area contributed by atoms with Crippen molar-refractivity contribution in [1.29, 1.82) is 0 Å². The predicted molar refractivity (Wildman–Crippen MR) is 100 cm³/mol. The molecule has 0 atom stereocenters. The molecule has 0 fully saturated rings. The SMILES string of the molecule is Cc1ccc(Nc2cnnc(NCc3ccccc3C)n2)cc1Br. The van der Waals surface area contributed by atoms with Gasteiger partial charge in [0.25, 0.3) is 0 Å². The molecule has 1 aromatic heterocycles. The Bertz CT molecular complexity index is 850. The number of anilines is 3. The minimum Gasteiger partial charge on any atom is -0.349 e. The predicted octanol–water partition coefficient (Wildman–Crippen LogP) is 4.61. The molecule has 5 nitrogen and oxygen atoms in total. The lowest BCUT2D eigenvalue weighted by molar-refractivity contribution is 0.946. The number of hydrogen-bond acceptors (Lipinski definition) is 5. The molecule has 0 aliphatic carbocycles. The zero-order valence-corrected chi connectivity index (χ0v) is 15.1. The van der Waals surface area contributed by atoms with Crippen molar-refractivity contribution in [3.63, 3.8) is 0 Å². The number of halogens is 1. The number of nitrogens with one attached hydrogen (secondary N) is 2. The van der Waals surface area contributed by atoms with Gasteiger partial charge in [0.2, 0.25) is 5.95 Å². The van der Waals surface area contributed by atoms with E-state index in [4.69, 9.17) is 0 Å². The van der Waals surface area contributed by atoms with Gasteiger partial charge in [-0.25, -0.2) is 0 Å². The van der Waals surface area contributed by atoms with Crippen LogP contribution in [0.2, 0.25) is 0 Å². The van der Waals surface area contributed by atoms with Crippen LogP contribution >= 0.6 is 15.9 Å². The van der Waals surface area contributed by atoms with Crippen LogP contribution in [0, 0.1) is 13.8 Å². The molecule has 0 aliphatic rings. The molecule has 0 spiro atoms. The van der Waals surface area contributed by atoms with Gasteiger partial charge >= 0.3 is 0 Å². The van der Waals surface area contributed by atoms with Crippen LogP contribution in [0.1, 0.15) is 16.7 Å². The van der Waals surface area contributed by atoms with Gasteiger partial charge < -0.3 is 10.6 Å². The van der Waals surface area contributed by atoms with Crippen LogP contribution in [-0.2, 0) is 6.54 Å². The van der Waals surface area contributed by atoms with E-state index in [1.165, 1.54) is 16.7 Å². The summed E-state index contributed by atoms with van der Waals surface area (Å²) in [6.07, 6.45) is 1.60. The monoisotopic (exact) mass is 383 g/mol. The van der Waals surface area contributed by atoms with E-state index >= 15 is 0 Å². The van der Waals surface area contributed by atoms with E-state index in [1.54, 1.807) is 6.20 Å². The highest BCUT2D eigenvalue weighted by Crippen LogP contribution is 2.22. The molecule has 3 aromatic rings. The van der Waals surface area contributed by atoms with Gasteiger partial charge in [-0.3, -0.25) is 0 Å². The van der Waals surface area contributed by atoms with E-state index in [9.17, 15) is 0 Å². The van der Waals surface area contributed by atoms with E-state index in [0.717, 1.165) is 10.2 Å². The van der Waals surface area contributed by atoms with Crippen LogP contribution in [0.4, 0.5) is 17.5 Å². The van der Waals surface area contributed by atoms with Gasteiger partial charge in [-0.1, -0.05) is 46.3 Å². The molecule has 0 aliphatic heterocycles. The lowest BCUT2D eigenvalue weighted by Gasteiger charge is -2.09. The summed E-state index contributed by atoms with van der Waals surface area (Å²) >= 11 is 3.53. The van der Waals surface area contributed by atoms with E-state index < -0.39 is 0 Å². The summed E-state index contributed by atoms with van der Waals surface area (Å²) in [5.41, 5.74) is 4.57. The Hall–Kier alpha value is -2.47. The minimum absolute atomic E-state index is 0.495. The van der Waals surface area contributed by atoms with Gasteiger partial charge in [0.15, 0.2) is 5.82 Å². The summed E-state index contributed by atoms with van der Waals surface area (Å²) in [6, 6.07) is 14.3. The van der Waals surface area contributed by atoms with Crippen molar-refractivity contribution in [2.75, 3.05) is 10.6 Å². The molecule has 0 amide bonds. The highest BCUT2D eigenvalue weighted by atomic mass is 79.9. The molecule has 0 radical (unpaired) electrons. The average molecular weight is 384 g/mol. The number of hydrogen-bond donors (Lipinski definition) is 2. The summed E-state index contributed by atoms with van der Waals surface area (Å²) in [6.45, 7) is 4.80. The van der Waals surface area contributed by atoms with Crippen LogP contribution in [0.25, 0.3) is 0 Å². The molecule has 1 heterocycles. The lowest BCUT2D eigenvalue weighted by Crippen LogP contribution is -2.07. The first-order chi connectivity index (χ1) is 11.6. The third-order valence-corrected chi connectivity index (χ3v) is 4.56. The molecule has 6 heteroatoms. The van der Waals surface area contributed by atoms with Crippen molar-refractivity contribution in [2.45, 2.75) is 20.4 Å². The van der Waals surface area contributed by atoms with Crippen LogP contribution in [0.3, 0.4) is 0 Å². The fourth-order valence-electron chi connectivity index (χ4n) is 2.24. The van der Waals surface area contributed by atoms with Crippen LogP contribution in [0.15, 0.2) is 53.1 Å². The number of nitrogens with zero attached hydrogens (tertiary/aromatic N) is 3. The third kappa shape index (κ3) is 4.08. The minimum atomic E-state index is 0.495. The summed E-state index contributed by atoms with van der Waals surface area (Å²) in [4.78, 5) is 4.45. The Labute approximate surface area is 149 Å². The largest absolute Gasteiger partial charge is 0.349 e. The fraction of sp³-hybridized carbons (Fsp3) is 0.167. The number of benzene rings is 2. The zero-order valence-electron chi connectivity index (χ0n) is 13.5. The second-order valence-corrected chi connectivity index (χ2v) is 6.39. The van der Waals surface area contributed by atoms with Crippen LogP contribution < -0.4 is 10.6 Å². The summed E-state index contributed by atoms with van der Waals surface area (Å²) in [7, 11) is 0. The highest BCUT2D eigenvalue weighted by molar-refractivity contribution is 9.10. The van der Waals surface area contributed by atoms with Crippen LogP contribution in [-0.4, -0.2) is 15.2 Å².